The molecule has 0 aliphatic rings. The third kappa shape index (κ3) is 3.14. The SMILES string of the molecule is C=NN(C)/C=C(\C)c1cnc2c(Nc3ccnn3C(=C)C)nccn12. The molecule has 128 valence electrons. The Kier molecular flexibility index (Phi) is 4.34. The van der Waals surface area contributed by atoms with Crippen LogP contribution in [0.3, 0.4) is 0 Å². The van der Waals surface area contributed by atoms with E-state index < -0.39 is 0 Å². The Bertz CT molecular complexity index is 962. The van der Waals surface area contributed by atoms with Crippen molar-refractivity contribution in [2.45, 2.75) is 13.8 Å². The normalized spacial score (nSPS) is 11.6. The summed E-state index contributed by atoms with van der Waals surface area (Å²) in [5, 5.41) is 13.0. The minimum Gasteiger partial charge on any atom is -0.322 e. The van der Waals surface area contributed by atoms with Gasteiger partial charge in [-0.05, 0) is 19.4 Å². The number of imidazole rings is 1. The van der Waals surface area contributed by atoms with E-state index in [2.05, 4.69) is 38.8 Å². The first-order chi connectivity index (χ1) is 12.0. The largest absolute Gasteiger partial charge is 0.322 e. The predicted molar refractivity (Wildman–Crippen MR) is 100 cm³/mol. The van der Waals surface area contributed by atoms with Crippen molar-refractivity contribution < 1.29 is 0 Å². The lowest BCUT2D eigenvalue weighted by atomic mass is 10.2. The molecule has 25 heavy (non-hydrogen) atoms. The number of hydrazone groups is 1. The number of nitrogens with zero attached hydrogens (tertiary/aromatic N) is 7. The molecular weight excluding hydrogens is 316 g/mol. The zero-order valence-electron chi connectivity index (χ0n) is 14.5. The standard InChI is InChI=1S/C17H20N8/c1-12(2)25-15(6-7-21-25)22-16-17-20-10-14(24(17)9-8-19-16)13(3)11-23(5)18-4/h6-11H,1,4H2,2-3,5H3,(H,19,22)/b13-11+. The summed E-state index contributed by atoms with van der Waals surface area (Å²) in [4.78, 5) is 8.92. The van der Waals surface area contributed by atoms with Gasteiger partial charge in [0.1, 0.15) is 5.82 Å². The molecule has 0 saturated heterocycles. The summed E-state index contributed by atoms with van der Waals surface area (Å²) in [7, 11) is 1.83. The van der Waals surface area contributed by atoms with Gasteiger partial charge in [0.25, 0.3) is 0 Å². The molecule has 3 aromatic rings. The highest BCUT2D eigenvalue weighted by atomic mass is 15.4. The molecule has 0 atom stereocenters. The Hall–Kier alpha value is -3.42. The van der Waals surface area contributed by atoms with Gasteiger partial charge in [-0.15, -0.1) is 0 Å². The summed E-state index contributed by atoms with van der Waals surface area (Å²) >= 11 is 0. The van der Waals surface area contributed by atoms with Crippen molar-refractivity contribution >= 4 is 35.3 Å². The Balaban J connectivity index is 2.02. The van der Waals surface area contributed by atoms with Crippen molar-refractivity contribution in [1.82, 2.24) is 29.2 Å². The van der Waals surface area contributed by atoms with Crippen LogP contribution in [0.25, 0.3) is 16.9 Å². The molecular formula is C17H20N8. The van der Waals surface area contributed by atoms with Crippen LogP contribution in [0.5, 0.6) is 0 Å². The lowest BCUT2D eigenvalue weighted by molar-refractivity contribution is 0.496. The van der Waals surface area contributed by atoms with Crippen LogP contribution in [0.4, 0.5) is 11.6 Å². The molecule has 0 saturated carbocycles. The van der Waals surface area contributed by atoms with Gasteiger partial charge in [-0.25, -0.2) is 14.6 Å². The summed E-state index contributed by atoms with van der Waals surface area (Å²) < 4.78 is 3.68. The topological polar surface area (TPSA) is 75.6 Å². The van der Waals surface area contributed by atoms with Crippen LogP contribution in [0.15, 0.2) is 48.7 Å². The highest BCUT2D eigenvalue weighted by Crippen LogP contribution is 2.23. The molecule has 8 heteroatoms. The molecule has 1 N–H and O–H groups in total. The number of rotatable bonds is 6. The molecule has 0 aliphatic carbocycles. The van der Waals surface area contributed by atoms with E-state index in [4.69, 9.17) is 0 Å². The Labute approximate surface area is 145 Å². The van der Waals surface area contributed by atoms with Crippen molar-refractivity contribution in [3.8, 4) is 0 Å². The van der Waals surface area contributed by atoms with E-state index in [0.29, 0.717) is 11.5 Å². The molecule has 0 spiro atoms. The van der Waals surface area contributed by atoms with Gasteiger partial charge in [0.2, 0.25) is 0 Å². The van der Waals surface area contributed by atoms with Crippen molar-refractivity contribution in [2.75, 3.05) is 12.4 Å². The third-order valence-corrected chi connectivity index (χ3v) is 3.69. The fraction of sp³-hybridized carbons (Fsp3) is 0.176. The summed E-state index contributed by atoms with van der Waals surface area (Å²) in [6.07, 6.45) is 9.00. The number of fused-ring (bicyclic) bond motifs is 1. The van der Waals surface area contributed by atoms with E-state index >= 15 is 0 Å². The van der Waals surface area contributed by atoms with Crippen LogP contribution < -0.4 is 5.32 Å². The lowest BCUT2D eigenvalue weighted by Crippen LogP contribution is -2.05. The molecule has 0 aromatic carbocycles. The van der Waals surface area contributed by atoms with E-state index in [-0.39, 0.29) is 0 Å². The lowest BCUT2D eigenvalue weighted by Gasteiger charge is -2.10. The summed E-state index contributed by atoms with van der Waals surface area (Å²) in [5.41, 5.74) is 3.48. The Morgan fingerprint density at radius 1 is 1.32 bits per heavy atom. The Morgan fingerprint density at radius 3 is 2.84 bits per heavy atom. The van der Waals surface area contributed by atoms with Gasteiger partial charge in [0.15, 0.2) is 11.5 Å². The number of hydrogen-bond acceptors (Lipinski definition) is 6. The Morgan fingerprint density at radius 2 is 2.12 bits per heavy atom. The maximum atomic E-state index is 4.51. The predicted octanol–water partition coefficient (Wildman–Crippen LogP) is 3.07. The first kappa shape index (κ1) is 16.4. The molecule has 0 unspecified atom stereocenters. The zero-order chi connectivity index (χ0) is 18.0. The van der Waals surface area contributed by atoms with Gasteiger partial charge in [0.05, 0.1) is 18.1 Å². The van der Waals surface area contributed by atoms with Gasteiger partial charge >= 0.3 is 0 Å². The minimum absolute atomic E-state index is 0.639. The highest BCUT2D eigenvalue weighted by molar-refractivity contribution is 5.73. The smallest absolute Gasteiger partial charge is 0.180 e. The van der Waals surface area contributed by atoms with E-state index in [0.717, 1.165) is 22.8 Å². The van der Waals surface area contributed by atoms with Gasteiger partial charge < -0.3 is 5.32 Å². The second-order valence-corrected chi connectivity index (χ2v) is 5.63. The molecule has 8 nitrogen and oxygen atoms in total. The summed E-state index contributed by atoms with van der Waals surface area (Å²) in [6, 6.07) is 1.86. The second-order valence-electron chi connectivity index (χ2n) is 5.63. The van der Waals surface area contributed by atoms with Crippen molar-refractivity contribution in [1.29, 1.82) is 0 Å². The summed E-state index contributed by atoms with van der Waals surface area (Å²) in [6.45, 7) is 11.3. The number of hydrogen-bond donors (Lipinski definition) is 1. The second kappa shape index (κ2) is 6.60. The molecule has 3 heterocycles. The summed E-state index contributed by atoms with van der Waals surface area (Å²) in [5.74, 6) is 1.42. The monoisotopic (exact) mass is 336 g/mol. The maximum absolute atomic E-state index is 4.51. The molecule has 0 fully saturated rings. The number of nitrogens with one attached hydrogen (secondary N) is 1. The van der Waals surface area contributed by atoms with Gasteiger partial charge in [-0.3, -0.25) is 9.41 Å². The van der Waals surface area contributed by atoms with E-state index in [1.807, 2.05) is 43.8 Å². The van der Waals surface area contributed by atoms with Crippen molar-refractivity contribution in [3.63, 3.8) is 0 Å². The van der Waals surface area contributed by atoms with E-state index in [1.165, 1.54) is 0 Å². The van der Waals surface area contributed by atoms with Crippen LogP contribution in [-0.2, 0) is 0 Å². The van der Waals surface area contributed by atoms with Crippen LogP contribution in [0.1, 0.15) is 19.5 Å². The molecule has 3 aromatic heterocycles. The number of anilines is 2. The number of aromatic nitrogens is 5. The van der Waals surface area contributed by atoms with Crippen LogP contribution in [-0.4, -0.2) is 42.9 Å². The quantitative estimate of drug-likeness (QED) is 0.553. The number of allylic oxidation sites excluding steroid dienone is 2. The highest BCUT2D eigenvalue weighted by Gasteiger charge is 2.12. The van der Waals surface area contributed by atoms with Gasteiger partial charge in [0, 0.05) is 44.1 Å². The molecule has 3 rings (SSSR count). The van der Waals surface area contributed by atoms with Crippen LogP contribution in [0.2, 0.25) is 0 Å². The minimum atomic E-state index is 0.639. The first-order valence-corrected chi connectivity index (χ1v) is 7.68. The van der Waals surface area contributed by atoms with Crippen molar-refractivity contribution in [3.05, 3.63) is 49.3 Å². The van der Waals surface area contributed by atoms with Crippen molar-refractivity contribution in [2.24, 2.45) is 5.10 Å². The van der Waals surface area contributed by atoms with Gasteiger partial charge in [-0.1, -0.05) is 6.58 Å². The van der Waals surface area contributed by atoms with E-state index in [9.17, 15) is 0 Å². The average Bonchev–Trinajstić information content (AvgIpc) is 3.21. The molecule has 0 radical (unpaired) electrons. The first-order valence-electron chi connectivity index (χ1n) is 7.68. The zero-order valence-corrected chi connectivity index (χ0v) is 14.5. The van der Waals surface area contributed by atoms with Crippen LogP contribution in [0, 0.1) is 0 Å². The van der Waals surface area contributed by atoms with E-state index in [1.54, 1.807) is 28.3 Å². The molecule has 0 bridgehead atoms. The molecule has 0 aliphatic heterocycles. The van der Waals surface area contributed by atoms with Crippen LogP contribution >= 0.6 is 0 Å². The fourth-order valence-electron chi connectivity index (χ4n) is 2.51. The third-order valence-electron chi connectivity index (χ3n) is 3.69. The average molecular weight is 336 g/mol. The maximum Gasteiger partial charge on any atom is 0.180 e. The molecule has 0 amide bonds. The fourth-order valence-corrected chi connectivity index (χ4v) is 2.51. The van der Waals surface area contributed by atoms with Gasteiger partial charge in [-0.2, -0.15) is 10.2 Å².